The van der Waals surface area contributed by atoms with Crippen molar-refractivity contribution in [3.63, 3.8) is 0 Å². The summed E-state index contributed by atoms with van der Waals surface area (Å²) in [6, 6.07) is 15.0. The highest BCUT2D eigenvalue weighted by Crippen LogP contribution is 2.27. The summed E-state index contributed by atoms with van der Waals surface area (Å²) >= 11 is 0. The molecule has 1 saturated heterocycles. The molecule has 1 fully saturated rings. The van der Waals surface area contributed by atoms with Gasteiger partial charge in [-0.25, -0.2) is 0 Å². The van der Waals surface area contributed by atoms with Crippen LogP contribution in [0.4, 0.5) is 5.69 Å². The van der Waals surface area contributed by atoms with Crippen molar-refractivity contribution in [3.05, 3.63) is 53.6 Å². The smallest absolute Gasteiger partial charge is 0.191 e. The fourth-order valence-corrected chi connectivity index (χ4v) is 3.81. The van der Waals surface area contributed by atoms with Crippen LogP contribution in [0.5, 0.6) is 11.5 Å². The van der Waals surface area contributed by atoms with E-state index in [0.29, 0.717) is 0 Å². The maximum Gasteiger partial charge on any atom is 0.191 e. The molecular formula is C24H35IN4O2. The van der Waals surface area contributed by atoms with Gasteiger partial charge < -0.3 is 25.0 Å². The van der Waals surface area contributed by atoms with E-state index >= 15 is 0 Å². The van der Waals surface area contributed by atoms with Crippen molar-refractivity contribution in [2.75, 3.05) is 45.8 Å². The Morgan fingerprint density at radius 2 is 1.81 bits per heavy atom. The molecule has 3 rings (SSSR count). The zero-order chi connectivity index (χ0) is 21.3. The zero-order valence-electron chi connectivity index (χ0n) is 19.0. The summed E-state index contributed by atoms with van der Waals surface area (Å²) in [5, 5.41) is 6.91. The Labute approximate surface area is 203 Å². The molecule has 2 aromatic carbocycles. The number of ether oxygens (including phenoxy) is 2. The van der Waals surface area contributed by atoms with E-state index in [1.807, 2.05) is 12.1 Å². The van der Waals surface area contributed by atoms with Gasteiger partial charge in [-0.15, -0.1) is 24.0 Å². The summed E-state index contributed by atoms with van der Waals surface area (Å²) in [6.45, 7) is 5.26. The molecule has 0 aromatic heterocycles. The predicted octanol–water partition coefficient (Wildman–Crippen LogP) is 4.39. The van der Waals surface area contributed by atoms with Gasteiger partial charge in [-0.05, 0) is 61.6 Å². The van der Waals surface area contributed by atoms with Crippen LogP contribution in [0.1, 0.15) is 36.9 Å². The monoisotopic (exact) mass is 538 g/mol. The van der Waals surface area contributed by atoms with Crippen LogP contribution in [-0.4, -0.2) is 46.9 Å². The lowest BCUT2D eigenvalue weighted by Gasteiger charge is -2.22. The minimum atomic E-state index is 0. The Bertz CT molecular complexity index is 853. The standard InChI is InChI=1S/C24H34N4O2.HI/c1-18(20-8-7-9-21(17-20)28-14-5-6-15-28)27-24(25-2)26-13-12-19-10-11-22(29-3)23(16-19)30-4;/h7-11,16-18H,5-6,12-15H2,1-4H3,(H2,25,26,27);1H. The van der Waals surface area contributed by atoms with E-state index in [1.165, 1.54) is 29.7 Å². The van der Waals surface area contributed by atoms with Gasteiger partial charge in [-0.1, -0.05) is 18.2 Å². The Hall–Kier alpha value is -2.16. The average Bonchev–Trinajstić information content (AvgIpc) is 3.33. The van der Waals surface area contributed by atoms with E-state index in [9.17, 15) is 0 Å². The highest BCUT2D eigenvalue weighted by Gasteiger charge is 2.14. The largest absolute Gasteiger partial charge is 0.493 e. The molecule has 31 heavy (non-hydrogen) atoms. The molecule has 170 valence electrons. The topological polar surface area (TPSA) is 58.1 Å². The van der Waals surface area contributed by atoms with Gasteiger partial charge in [-0.2, -0.15) is 0 Å². The van der Waals surface area contributed by atoms with Crippen molar-refractivity contribution in [3.8, 4) is 11.5 Å². The first kappa shape index (κ1) is 25.1. The van der Waals surface area contributed by atoms with Crippen LogP contribution in [0.2, 0.25) is 0 Å². The van der Waals surface area contributed by atoms with Gasteiger partial charge in [-0.3, -0.25) is 4.99 Å². The third-order valence-corrected chi connectivity index (χ3v) is 5.57. The number of nitrogens with one attached hydrogen (secondary N) is 2. The van der Waals surface area contributed by atoms with Gasteiger partial charge in [0.15, 0.2) is 17.5 Å². The second kappa shape index (κ2) is 12.6. The molecule has 0 saturated carbocycles. The van der Waals surface area contributed by atoms with Crippen molar-refractivity contribution in [1.82, 2.24) is 10.6 Å². The normalized spacial score (nSPS) is 14.6. The summed E-state index contributed by atoms with van der Waals surface area (Å²) in [6.07, 6.45) is 3.43. The van der Waals surface area contributed by atoms with Crippen LogP contribution in [-0.2, 0) is 6.42 Å². The summed E-state index contributed by atoms with van der Waals surface area (Å²) in [7, 11) is 5.11. The highest BCUT2D eigenvalue weighted by molar-refractivity contribution is 14.0. The number of guanidine groups is 1. The van der Waals surface area contributed by atoms with Crippen molar-refractivity contribution in [2.45, 2.75) is 32.2 Å². The molecule has 1 aliphatic heterocycles. The molecule has 6 nitrogen and oxygen atoms in total. The number of anilines is 1. The second-order valence-electron chi connectivity index (χ2n) is 7.59. The second-order valence-corrected chi connectivity index (χ2v) is 7.59. The van der Waals surface area contributed by atoms with E-state index < -0.39 is 0 Å². The number of aliphatic imine (C=N–C) groups is 1. The number of halogens is 1. The Kier molecular flexibility index (Phi) is 10.2. The van der Waals surface area contributed by atoms with Crippen LogP contribution in [0.3, 0.4) is 0 Å². The maximum atomic E-state index is 5.39. The number of methoxy groups -OCH3 is 2. The third-order valence-electron chi connectivity index (χ3n) is 5.57. The number of rotatable bonds is 8. The van der Waals surface area contributed by atoms with Gasteiger partial charge >= 0.3 is 0 Å². The van der Waals surface area contributed by atoms with Crippen molar-refractivity contribution >= 4 is 35.6 Å². The first-order valence-electron chi connectivity index (χ1n) is 10.7. The molecule has 0 amide bonds. The van der Waals surface area contributed by atoms with E-state index in [-0.39, 0.29) is 30.0 Å². The molecule has 2 aromatic rings. The summed E-state index contributed by atoms with van der Waals surface area (Å²) in [4.78, 5) is 6.85. The van der Waals surface area contributed by atoms with Crippen LogP contribution in [0.15, 0.2) is 47.5 Å². The molecule has 1 atom stereocenters. The Morgan fingerprint density at radius 1 is 1.06 bits per heavy atom. The Balaban J connectivity index is 0.00000341. The number of hydrogen-bond acceptors (Lipinski definition) is 4. The molecule has 1 heterocycles. The summed E-state index contributed by atoms with van der Waals surface area (Å²) in [5.74, 6) is 2.30. The minimum absolute atomic E-state index is 0. The quantitative estimate of drug-likeness (QED) is 0.297. The SMILES string of the molecule is CN=C(NCCc1ccc(OC)c(OC)c1)NC(C)c1cccc(N2CCCC2)c1.I. The first-order chi connectivity index (χ1) is 14.6. The van der Waals surface area contributed by atoms with E-state index in [4.69, 9.17) is 9.47 Å². The molecule has 7 heteroatoms. The minimum Gasteiger partial charge on any atom is -0.493 e. The molecule has 2 N–H and O–H groups in total. The number of nitrogens with zero attached hydrogens (tertiary/aromatic N) is 2. The average molecular weight is 538 g/mol. The van der Waals surface area contributed by atoms with Gasteiger partial charge in [0, 0.05) is 32.4 Å². The third kappa shape index (κ3) is 6.92. The molecule has 1 aliphatic rings. The van der Waals surface area contributed by atoms with E-state index in [2.05, 4.69) is 57.8 Å². The van der Waals surface area contributed by atoms with Gasteiger partial charge in [0.2, 0.25) is 0 Å². The molecule has 0 radical (unpaired) electrons. The van der Waals surface area contributed by atoms with E-state index in [1.54, 1.807) is 21.3 Å². The zero-order valence-corrected chi connectivity index (χ0v) is 21.3. The molecule has 0 spiro atoms. The number of hydrogen-bond donors (Lipinski definition) is 2. The van der Waals surface area contributed by atoms with Crippen molar-refractivity contribution in [1.29, 1.82) is 0 Å². The summed E-state index contributed by atoms with van der Waals surface area (Å²) < 4.78 is 10.7. The lowest BCUT2D eigenvalue weighted by atomic mass is 10.1. The number of benzene rings is 2. The molecule has 0 aliphatic carbocycles. The maximum absolute atomic E-state index is 5.39. The molecule has 0 bridgehead atoms. The van der Waals surface area contributed by atoms with Gasteiger partial charge in [0.25, 0.3) is 0 Å². The van der Waals surface area contributed by atoms with E-state index in [0.717, 1.165) is 43.5 Å². The van der Waals surface area contributed by atoms with Crippen LogP contribution >= 0.6 is 24.0 Å². The van der Waals surface area contributed by atoms with Crippen LogP contribution in [0.25, 0.3) is 0 Å². The fraction of sp³-hybridized carbons (Fsp3) is 0.458. The Morgan fingerprint density at radius 3 is 2.48 bits per heavy atom. The van der Waals surface area contributed by atoms with Crippen LogP contribution in [0, 0.1) is 0 Å². The first-order valence-corrected chi connectivity index (χ1v) is 10.7. The molecular weight excluding hydrogens is 503 g/mol. The van der Waals surface area contributed by atoms with Crippen molar-refractivity contribution < 1.29 is 9.47 Å². The lowest BCUT2D eigenvalue weighted by molar-refractivity contribution is 0.354. The van der Waals surface area contributed by atoms with Gasteiger partial charge in [0.05, 0.1) is 20.3 Å². The molecule has 1 unspecified atom stereocenters. The van der Waals surface area contributed by atoms with Crippen LogP contribution < -0.4 is 25.0 Å². The highest BCUT2D eigenvalue weighted by atomic mass is 127. The van der Waals surface area contributed by atoms with Crippen molar-refractivity contribution in [2.24, 2.45) is 4.99 Å². The lowest BCUT2D eigenvalue weighted by Crippen LogP contribution is -2.39. The fourth-order valence-electron chi connectivity index (χ4n) is 3.81. The summed E-state index contributed by atoms with van der Waals surface area (Å²) in [5.41, 5.74) is 3.76. The van der Waals surface area contributed by atoms with Gasteiger partial charge in [0.1, 0.15) is 0 Å². The predicted molar refractivity (Wildman–Crippen MR) is 139 cm³/mol.